The maximum atomic E-state index is 13.6. The Balaban J connectivity index is 2.13. The van der Waals surface area contributed by atoms with Crippen molar-refractivity contribution in [1.29, 1.82) is 0 Å². The summed E-state index contributed by atoms with van der Waals surface area (Å²) >= 11 is 0. The lowest BCUT2D eigenvalue weighted by molar-refractivity contribution is -0.131. The molecule has 0 bridgehead atoms. The van der Waals surface area contributed by atoms with E-state index in [1.807, 2.05) is 0 Å². The molecule has 1 atom stereocenters. The molecule has 102 valence electrons. The van der Waals surface area contributed by atoms with Crippen LogP contribution < -0.4 is 0 Å². The molecule has 1 unspecified atom stereocenters. The molecule has 1 N–H and O–H groups in total. The quantitative estimate of drug-likeness (QED) is 0.849. The summed E-state index contributed by atoms with van der Waals surface area (Å²) in [5, 5.41) is 8.58. The third-order valence-corrected chi connectivity index (χ3v) is 3.54. The van der Waals surface area contributed by atoms with Crippen LogP contribution >= 0.6 is 0 Å². The van der Waals surface area contributed by atoms with Crippen molar-refractivity contribution in [3.63, 3.8) is 0 Å². The molecule has 4 heteroatoms. The number of carboxylic acid groups (broad SMARTS) is 1. The summed E-state index contributed by atoms with van der Waals surface area (Å²) in [6, 6.07) is 5.44. The molecule has 1 aliphatic heterocycles. The zero-order valence-electron chi connectivity index (χ0n) is 11.0. The Hall–Kier alpha value is -1.68. The fourth-order valence-corrected chi connectivity index (χ4v) is 2.44. The molecule has 0 amide bonds. The van der Waals surface area contributed by atoms with E-state index in [4.69, 9.17) is 5.11 Å². The van der Waals surface area contributed by atoms with Gasteiger partial charge in [-0.15, -0.1) is 0 Å². The molecule has 19 heavy (non-hydrogen) atoms. The van der Waals surface area contributed by atoms with Gasteiger partial charge in [-0.3, -0.25) is 4.90 Å². The van der Waals surface area contributed by atoms with Gasteiger partial charge in [0.15, 0.2) is 0 Å². The van der Waals surface area contributed by atoms with Gasteiger partial charge in [0.05, 0.1) is 0 Å². The molecule has 1 saturated heterocycles. The number of carbonyl (C=O) groups is 1. The fourth-order valence-electron chi connectivity index (χ4n) is 2.44. The van der Waals surface area contributed by atoms with E-state index < -0.39 is 11.8 Å². The molecular formula is C15H18FNO2. The van der Waals surface area contributed by atoms with E-state index in [1.165, 1.54) is 25.0 Å². The van der Waals surface area contributed by atoms with Gasteiger partial charge >= 0.3 is 5.97 Å². The number of hydrogen-bond donors (Lipinski definition) is 1. The lowest BCUT2D eigenvalue weighted by Crippen LogP contribution is -2.26. The van der Waals surface area contributed by atoms with E-state index in [2.05, 4.69) is 11.8 Å². The summed E-state index contributed by atoms with van der Waals surface area (Å²) in [4.78, 5) is 12.8. The summed E-state index contributed by atoms with van der Waals surface area (Å²) < 4.78 is 13.6. The molecule has 1 fully saturated rings. The van der Waals surface area contributed by atoms with Crippen LogP contribution in [0.5, 0.6) is 0 Å². The topological polar surface area (TPSA) is 40.5 Å². The predicted octanol–water partition coefficient (Wildman–Crippen LogP) is 2.91. The maximum absolute atomic E-state index is 13.6. The van der Waals surface area contributed by atoms with Crippen LogP contribution in [0.1, 0.15) is 30.9 Å². The standard InChI is InChI=1S/C15H18FNO2/c1-11-3-2-8-17(11)10-12-4-6-14(16)13(9-12)5-7-15(18)19/h4-7,9,11H,2-3,8,10H2,1H3,(H,18,19)/b7-5+. The van der Waals surface area contributed by atoms with Crippen molar-refractivity contribution in [1.82, 2.24) is 4.90 Å². The molecule has 0 spiro atoms. The highest BCUT2D eigenvalue weighted by molar-refractivity contribution is 5.85. The van der Waals surface area contributed by atoms with E-state index in [9.17, 15) is 9.18 Å². The highest BCUT2D eigenvalue weighted by atomic mass is 19.1. The molecule has 1 aromatic carbocycles. The summed E-state index contributed by atoms with van der Waals surface area (Å²) in [6.45, 7) is 4.05. The molecule has 3 nitrogen and oxygen atoms in total. The Kier molecular flexibility index (Phi) is 4.32. The Morgan fingerprint density at radius 3 is 3.00 bits per heavy atom. The lowest BCUT2D eigenvalue weighted by Gasteiger charge is -2.21. The molecule has 0 aromatic heterocycles. The number of carboxylic acids is 1. The van der Waals surface area contributed by atoms with Crippen molar-refractivity contribution in [2.45, 2.75) is 32.4 Å². The molecule has 0 aliphatic carbocycles. The highest BCUT2D eigenvalue weighted by Crippen LogP contribution is 2.21. The average Bonchev–Trinajstić information content (AvgIpc) is 2.75. The van der Waals surface area contributed by atoms with Crippen molar-refractivity contribution in [3.05, 3.63) is 41.2 Å². The van der Waals surface area contributed by atoms with E-state index in [-0.39, 0.29) is 0 Å². The molecular weight excluding hydrogens is 245 g/mol. The smallest absolute Gasteiger partial charge is 0.328 e. The van der Waals surface area contributed by atoms with Crippen LogP contribution in [0.15, 0.2) is 24.3 Å². The van der Waals surface area contributed by atoms with Crippen LogP contribution in [0.3, 0.4) is 0 Å². The van der Waals surface area contributed by atoms with Gasteiger partial charge in [-0.05, 0) is 50.1 Å². The Bertz CT molecular complexity index is 499. The minimum absolute atomic E-state index is 0.326. The van der Waals surface area contributed by atoms with Gasteiger partial charge < -0.3 is 5.11 Å². The van der Waals surface area contributed by atoms with Crippen LogP contribution in [-0.4, -0.2) is 28.6 Å². The van der Waals surface area contributed by atoms with Gasteiger partial charge in [-0.25, -0.2) is 9.18 Å². The van der Waals surface area contributed by atoms with Crippen molar-refractivity contribution in [3.8, 4) is 0 Å². The maximum Gasteiger partial charge on any atom is 0.328 e. The third-order valence-electron chi connectivity index (χ3n) is 3.54. The molecule has 1 aromatic rings. The van der Waals surface area contributed by atoms with Gasteiger partial charge in [-0.1, -0.05) is 6.07 Å². The van der Waals surface area contributed by atoms with Crippen LogP contribution in [-0.2, 0) is 11.3 Å². The molecule has 0 saturated carbocycles. The minimum Gasteiger partial charge on any atom is -0.478 e. The molecule has 0 radical (unpaired) electrons. The normalized spacial score (nSPS) is 20.2. The first-order valence-electron chi connectivity index (χ1n) is 6.50. The number of rotatable bonds is 4. The highest BCUT2D eigenvalue weighted by Gasteiger charge is 2.20. The Morgan fingerprint density at radius 1 is 1.58 bits per heavy atom. The number of hydrogen-bond acceptors (Lipinski definition) is 2. The van der Waals surface area contributed by atoms with Gasteiger partial charge in [0, 0.05) is 24.2 Å². The summed E-state index contributed by atoms with van der Waals surface area (Å²) in [6.07, 6.45) is 4.66. The van der Waals surface area contributed by atoms with Crippen molar-refractivity contribution >= 4 is 12.0 Å². The van der Waals surface area contributed by atoms with Crippen molar-refractivity contribution < 1.29 is 14.3 Å². The second-order valence-corrected chi connectivity index (χ2v) is 4.99. The zero-order valence-corrected chi connectivity index (χ0v) is 11.0. The molecule has 1 heterocycles. The van der Waals surface area contributed by atoms with E-state index >= 15 is 0 Å². The average molecular weight is 263 g/mol. The first-order valence-corrected chi connectivity index (χ1v) is 6.50. The summed E-state index contributed by atoms with van der Waals surface area (Å²) in [7, 11) is 0. The zero-order chi connectivity index (χ0) is 13.8. The van der Waals surface area contributed by atoms with E-state index in [1.54, 1.807) is 12.1 Å². The van der Waals surface area contributed by atoms with Crippen LogP contribution in [0.2, 0.25) is 0 Å². The number of nitrogens with zero attached hydrogens (tertiary/aromatic N) is 1. The number of benzene rings is 1. The van der Waals surface area contributed by atoms with Gasteiger partial charge in [0.25, 0.3) is 0 Å². The van der Waals surface area contributed by atoms with Gasteiger partial charge in [0.1, 0.15) is 5.82 Å². The first-order chi connectivity index (χ1) is 9.06. The van der Waals surface area contributed by atoms with Crippen molar-refractivity contribution in [2.24, 2.45) is 0 Å². The Labute approximate surface area is 112 Å². The first kappa shape index (κ1) is 13.7. The summed E-state index contributed by atoms with van der Waals surface area (Å²) in [5.74, 6) is -1.46. The van der Waals surface area contributed by atoms with E-state index in [0.717, 1.165) is 24.7 Å². The molecule has 2 rings (SSSR count). The van der Waals surface area contributed by atoms with Gasteiger partial charge in [0.2, 0.25) is 0 Å². The van der Waals surface area contributed by atoms with Crippen LogP contribution in [0.4, 0.5) is 4.39 Å². The van der Waals surface area contributed by atoms with Crippen LogP contribution in [0.25, 0.3) is 6.08 Å². The number of halogens is 1. The molecule has 1 aliphatic rings. The van der Waals surface area contributed by atoms with Crippen LogP contribution in [0, 0.1) is 5.82 Å². The SMILES string of the molecule is CC1CCCN1Cc1ccc(F)c(/C=C/C(=O)O)c1. The lowest BCUT2D eigenvalue weighted by atomic mass is 10.1. The second-order valence-electron chi connectivity index (χ2n) is 4.99. The predicted molar refractivity (Wildman–Crippen MR) is 72.2 cm³/mol. The van der Waals surface area contributed by atoms with Crippen molar-refractivity contribution in [2.75, 3.05) is 6.54 Å². The third kappa shape index (κ3) is 3.64. The number of aliphatic carboxylic acids is 1. The van der Waals surface area contributed by atoms with Gasteiger partial charge in [-0.2, -0.15) is 0 Å². The second kappa shape index (κ2) is 5.97. The Morgan fingerprint density at radius 2 is 2.37 bits per heavy atom. The monoisotopic (exact) mass is 263 g/mol. The van der Waals surface area contributed by atoms with E-state index in [0.29, 0.717) is 11.6 Å². The number of likely N-dealkylation sites (tertiary alicyclic amines) is 1. The fraction of sp³-hybridized carbons (Fsp3) is 0.400. The summed E-state index contributed by atoms with van der Waals surface area (Å²) in [5.41, 5.74) is 1.34. The largest absolute Gasteiger partial charge is 0.478 e. The minimum atomic E-state index is -1.07.